The lowest BCUT2D eigenvalue weighted by Crippen LogP contribution is -2.14. The SMILES string of the molecule is O=C(Nc1ccc(Oc2ccc(-n3cccn3)nn2)cc1)c1cc(=O)c2ccccc2o1. The van der Waals surface area contributed by atoms with Crippen LogP contribution in [-0.4, -0.2) is 25.9 Å². The maximum Gasteiger partial charge on any atom is 0.291 e. The molecule has 0 unspecified atom stereocenters. The number of anilines is 1. The third-order valence-electron chi connectivity index (χ3n) is 4.56. The highest BCUT2D eigenvalue weighted by Gasteiger charge is 2.13. The van der Waals surface area contributed by atoms with Crippen molar-refractivity contribution in [2.45, 2.75) is 0 Å². The number of nitrogens with zero attached hydrogens (tertiary/aromatic N) is 4. The predicted octanol–water partition coefficient (Wildman–Crippen LogP) is 3.81. The summed E-state index contributed by atoms with van der Waals surface area (Å²) in [6.45, 7) is 0. The van der Waals surface area contributed by atoms with E-state index in [1.54, 1.807) is 83.8 Å². The minimum atomic E-state index is -0.526. The van der Waals surface area contributed by atoms with Crippen molar-refractivity contribution in [1.29, 1.82) is 0 Å². The van der Waals surface area contributed by atoms with Gasteiger partial charge < -0.3 is 14.5 Å². The third kappa shape index (κ3) is 3.94. The van der Waals surface area contributed by atoms with Gasteiger partial charge in [0.05, 0.1) is 5.39 Å². The molecular weight excluding hydrogens is 410 g/mol. The molecule has 9 heteroatoms. The molecule has 5 rings (SSSR count). The number of carbonyl (C=O) groups is 1. The fourth-order valence-electron chi connectivity index (χ4n) is 3.03. The number of carbonyl (C=O) groups excluding carboxylic acids is 1. The molecule has 0 fully saturated rings. The van der Waals surface area contributed by atoms with Crippen LogP contribution in [0.1, 0.15) is 10.6 Å². The number of amides is 1. The summed E-state index contributed by atoms with van der Waals surface area (Å²) in [5, 5.41) is 15.3. The molecule has 0 atom stereocenters. The number of hydrogen-bond acceptors (Lipinski definition) is 7. The molecule has 2 aromatic carbocycles. The minimum Gasteiger partial charge on any atom is -0.451 e. The molecule has 3 aromatic heterocycles. The molecule has 0 aliphatic carbocycles. The highest BCUT2D eigenvalue weighted by atomic mass is 16.5. The van der Waals surface area contributed by atoms with Gasteiger partial charge in [0.25, 0.3) is 5.91 Å². The van der Waals surface area contributed by atoms with Crippen LogP contribution >= 0.6 is 0 Å². The standard InChI is InChI=1S/C23H15N5O4/c29-18-14-20(32-19-5-2-1-4-17(18)19)23(30)25-15-6-8-16(9-7-15)31-22-11-10-21(26-27-22)28-13-3-12-24-28/h1-14H,(H,25,30). The van der Waals surface area contributed by atoms with Gasteiger partial charge in [0.1, 0.15) is 11.3 Å². The van der Waals surface area contributed by atoms with Gasteiger partial charge in [0, 0.05) is 30.2 Å². The van der Waals surface area contributed by atoms with Crippen LogP contribution in [0.4, 0.5) is 5.69 Å². The van der Waals surface area contributed by atoms with Gasteiger partial charge in [-0.1, -0.05) is 12.1 Å². The summed E-state index contributed by atoms with van der Waals surface area (Å²) >= 11 is 0. The van der Waals surface area contributed by atoms with Crippen molar-refractivity contribution in [2.24, 2.45) is 0 Å². The van der Waals surface area contributed by atoms with E-state index in [-0.39, 0.29) is 11.2 Å². The minimum absolute atomic E-state index is 0.0680. The summed E-state index contributed by atoms with van der Waals surface area (Å²) in [5.74, 6) is 0.806. The van der Waals surface area contributed by atoms with E-state index in [2.05, 4.69) is 20.6 Å². The number of benzene rings is 2. The molecule has 0 bridgehead atoms. The van der Waals surface area contributed by atoms with E-state index in [0.717, 1.165) is 0 Å². The van der Waals surface area contributed by atoms with Crippen molar-refractivity contribution < 1.29 is 13.9 Å². The maximum absolute atomic E-state index is 12.5. The van der Waals surface area contributed by atoms with E-state index in [0.29, 0.717) is 34.1 Å². The lowest BCUT2D eigenvalue weighted by atomic mass is 10.2. The lowest BCUT2D eigenvalue weighted by molar-refractivity contribution is 0.0997. The quantitative estimate of drug-likeness (QED) is 0.456. The van der Waals surface area contributed by atoms with Crippen LogP contribution in [-0.2, 0) is 0 Å². The molecule has 3 heterocycles. The zero-order valence-corrected chi connectivity index (χ0v) is 16.5. The van der Waals surface area contributed by atoms with Crippen LogP contribution in [0.2, 0.25) is 0 Å². The number of para-hydroxylation sites is 1. The second-order valence-corrected chi connectivity index (χ2v) is 6.73. The molecule has 0 radical (unpaired) electrons. The van der Waals surface area contributed by atoms with Gasteiger partial charge in [0.2, 0.25) is 5.88 Å². The Hall–Kier alpha value is -4.79. The number of aromatic nitrogens is 4. The highest BCUT2D eigenvalue weighted by molar-refractivity contribution is 6.03. The Labute approximate surface area is 180 Å². The van der Waals surface area contributed by atoms with Crippen molar-refractivity contribution >= 4 is 22.6 Å². The van der Waals surface area contributed by atoms with Gasteiger partial charge in [-0.05, 0) is 48.5 Å². The first-order chi connectivity index (χ1) is 15.7. The largest absolute Gasteiger partial charge is 0.451 e. The molecule has 32 heavy (non-hydrogen) atoms. The molecule has 5 aromatic rings. The summed E-state index contributed by atoms with van der Waals surface area (Å²) in [6, 6.07) is 19.8. The van der Waals surface area contributed by atoms with Crippen LogP contribution in [0.3, 0.4) is 0 Å². The molecule has 156 valence electrons. The average molecular weight is 425 g/mol. The summed E-state index contributed by atoms with van der Waals surface area (Å²) < 4.78 is 12.8. The molecule has 0 aliphatic heterocycles. The molecule has 0 saturated carbocycles. The van der Waals surface area contributed by atoms with Gasteiger partial charge in [-0.3, -0.25) is 9.59 Å². The van der Waals surface area contributed by atoms with Crippen molar-refractivity contribution in [3.8, 4) is 17.4 Å². The number of rotatable bonds is 5. The van der Waals surface area contributed by atoms with Gasteiger partial charge >= 0.3 is 0 Å². The zero-order chi connectivity index (χ0) is 21.9. The number of fused-ring (bicyclic) bond motifs is 1. The van der Waals surface area contributed by atoms with E-state index >= 15 is 0 Å². The van der Waals surface area contributed by atoms with Crippen LogP contribution < -0.4 is 15.5 Å². The van der Waals surface area contributed by atoms with Gasteiger partial charge in [-0.25, -0.2) is 4.68 Å². The number of hydrogen-bond donors (Lipinski definition) is 1. The Kier molecular flexibility index (Phi) is 4.89. The molecule has 0 spiro atoms. The Bertz CT molecular complexity index is 1440. The van der Waals surface area contributed by atoms with Crippen LogP contribution in [0.15, 0.2) is 94.4 Å². The molecular formula is C23H15N5O4. The van der Waals surface area contributed by atoms with Gasteiger partial charge in [-0.15, -0.1) is 10.2 Å². The van der Waals surface area contributed by atoms with E-state index in [9.17, 15) is 9.59 Å². The van der Waals surface area contributed by atoms with Crippen molar-refractivity contribution in [3.63, 3.8) is 0 Å². The lowest BCUT2D eigenvalue weighted by Gasteiger charge is -2.08. The molecule has 1 amide bonds. The van der Waals surface area contributed by atoms with Gasteiger partial charge in [0.15, 0.2) is 17.0 Å². The van der Waals surface area contributed by atoms with Crippen molar-refractivity contribution in [1.82, 2.24) is 20.0 Å². The predicted molar refractivity (Wildman–Crippen MR) is 116 cm³/mol. The summed E-state index contributed by atoms with van der Waals surface area (Å²) in [6.07, 6.45) is 3.42. The average Bonchev–Trinajstić information content (AvgIpc) is 3.36. The van der Waals surface area contributed by atoms with Crippen molar-refractivity contribution in [3.05, 3.63) is 101 Å². The molecule has 1 N–H and O–H groups in total. The van der Waals surface area contributed by atoms with Crippen molar-refractivity contribution in [2.75, 3.05) is 5.32 Å². The zero-order valence-electron chi connectivity index (χ0n) is 16.5. The topological polar surface area (TPSA) is 112 Å². The highest BCUT2D eigenvalue weighted by Crippen LogP contribution is 2.22. The van der Waals surface area contributed by atoms with Gasteiger partial charge in [-0.2, -0.15) is 5.10 Å². The summed E-state index contributed by atoms with van der Waals surface area (Å²) in [5.41, 5.74) is 0.590. The number of nitrogens with one attached hydrogen (secondary N) is 1. The normalized spacial score (nSPS) is 10.8. The fraction of sp³-hybridized carbons (Fsp3) is 0. The van der Waals surface area contributed by atoms with Crippen LogP contribution in [0.5, 0.6) is 11.6 Å². The molecule has 0 aliphatic rings. The van der Waals surface area contributed by atoms with E-state index in [1.807, 2.05) is 0 Å². The second kappa shape index (κ2) is 8.15. The Balaban J connectivity index is 1.27. The summed E-state index contributed by atoms with van der Waals surface area (Å²) in [7, 11) is 0. The monoisotopic (exact) mass is 425 g/mol. The molecule has 9 nitrogen and oxygen atoms in total. The summed E-state index contributed by atoms with van der Waals surface area (Å²) in [4.78, 5) is 24.7. The van der Waals surface area contributed by atoms with E-state index in [4.69, 9.17) is 9.15 Å². The Morgan fingerprint density at radius 1 is 0.969 bits per heavy atom. The first-order valence-corrected chi connectivity index (χ1v) is 9.62. The third-order valence-corrected chi connectivity index (χ3v) is 4.56. The molecule has 0 saturated heterocycles. The smallest absolute Gasteiger partial charge is 0.291 e. The first kappa shape index (κ1) is 19.2. The van der Waals surface area contributed by atoms with E-state index < -0.39 is 5.91 Å². The number of ether oxygens (including phenoxy) is 1. The van der Waals surface area contributed by atoms with E-state index in [1.165, 1.54) is 6.07 Å². The first-order valence-electron chi connectivity index (χ1n) is 9.62. The van der Waals surface area contributed by atoms with Crippen LogP contribution in [0.25, 0.3) is 16.8 Å². The maximum atomic E-state index is 12.5. The fourth-order valence-corrected chi connectivity index (χ4v) is 3.03. The second-order valence-electron chi connectivity index (χ2n) is 6.73. The Morgan fingerprint density at radius 2 is 1.81 bits per heavy atom. The van der Waals surface area contributed by atoms with Crippen LogP contribution in [0, 0.1) is 0 Å². The Morgan fingerprint density at radius 3 is 2.56 bits per heavy atom.